The molecule has 5 atom stereocenters. The lowest BCUT2D eigenvalue weighted by Gasteiger charge is -2.30. The second-order valence-electron chi connectivity index (χ2n) is 12.5. The van der Waals surface area contributed by atoms with Crippen LogP contribution in [-0.2, 0) is 41.6 Å². The van der Waals surface area contributed by atoms with E-state index in [0.717, 1.165) is 22.0 Å². The number of amides is 6. The first-order valence-corrected chi connectivity index (χ1v) is 16.2. The molecule has 0 unspecified atom stereocenters. The van der Waals surface area contributed by atoms with Gasteiger partial charge in [0.25, 0.3) is 0 Å². The fourth-order valence-corrected chi connectivity index (χ4v) is 6.69. The van der Waals surface area contributed by atoms with Gasteiger partial charge >= 0.3 is 0 Å². The number of rotatable bonds is 5. The van der Waals surface area contributed by atoms with Gasteiger partial charge in [0.05, 0.1) is 12.6 Å². The van der Waals surface area contributed by atoms with Gasteiger partial charge in [-0.15, -0.1) is 0 Å². The fourth-order valence-electron chi connectivity index (χ4n) is 6.69. The number of hydrogen-bond donors (Lipinski definition) is 6. The number of fused-ring (bicyclic) bond motifs is 2. The van der Waals surface area contributed by atoms with E-state index in [1.807, 2.05) is 54.6 Å². The maximum absolute atomic E-state index is 14.3. The monoisotopic (exact) mass is 657 g/mol. The Morgan fingerprint density at radius 3 is 2.40 bits per heavy atom. The van der Waals surface area contributed by atoms with Crippen molar-refractivity contribution in [2.75, 3.05) is 26.2 Å². The van der Waals surface area contributed by atoms with Crippen molar-refractivity contribution in [3.63, 3.8) is 0 Å². The zero-order valence-corrected chi connectivity index (χ0v) is 26.3. The molecule has 0 bridgehead atoms. The molecule has 6 rings (SSSR count). The Morgan fingerprint density at radius 1 is 0.854 bits per heavy atom. The molecule has 1 aromatic heterocycles. The van der Waals surface area contributed by atoms with Crippen LogP contribution in [0.3, 0.4) is 0 Å². The van der Waals surface area contributed by atoms with Crippen LogP contribution in [0.4, 0.5) is 0 Å². The predicted octanol–water partition coefficient (Wildman–Crippen LogP) is -0.878. The number of nitrogens with zero attached hydrogens (tertiary/aromatic N) is 2. The van der Waals surface area contributed by atoms with Gasteiger partial charge in [-0.05, 0) is 23.6 Å². The molecule has 3 fully saturated rings. The lowest BCUT2D eigenvalue weighted by Crippen LogP contribution is -2.57. The SMILES string of the molecule is O=C1CC[C@H](C(=O)N2CCNC(=O)[C@H](Cc3ccccc3)NC(=O)[C@@H]3C[C@@H](O)CN3C(=O)[C@@H](Cc3c[nH]c4ccccc34)NC(=O)C2)N1. The number of aromatic amines is 1. The summed E-state index contributed by atoms with van der Waals surface area (Å²) in [7, 11) is 0. The first kappa shape index (κ1) is 32.7. The van der Waals surface area contributed by atoms with E-state index in [0.29, 0.717) is 0 Å². The summed E-state index contributed by atoms with van der Waals surface area (Å²) in [6.07, 6.45) is 1.39. The third kappa shape index (κ3) is 7.33. The first-order chi connectivity index (χ1) is 23.2. The smallest absolute Gasteiger partial charge is 0.246 e. The predicted molar refractivity (Wildman–Crippen MR) is 173 cm³/mol. The highest BCUT2D eigenvalue weighted by molar-refractivity contribution is 5.97. The summed E-state index contributed by atoms with van der Waals surface area (Å²) >= 11 is 0. The second kappa shape index (κ2) is 14.3. The topological polar surface area (TPSA) is 193 Å². The normalized spacial score (nSPS) is 25.9. The summed E-state index contributed by atoms with van der Waals surface area (Å²) in [6, 6.07) is 12.6. The van der Waals surface area contributed by atoms with E-state index in [1.54, 1.807) is 6.20 Å². The first-order valence-electron chi connectivity index (χ1n) is 16.2. The molecule has 6 N–H and O–H groups in total. The number of aromatic nitrogens is 1. The quantitative estimate of drug-likeness (QED) is 0.205. The molecule has 14 heteroatoms. The lowest BCUT2D eigenvalue weighted by molar-refractivity contribution is -0.142. The van der Waals surface area contributed by atoms with Gasteiger partial charge < -0.3 is 41.2 Å². The van der Waals surface area contributed by atoms with E-state index in [2.05, 4.69) is 26.3 Å². The van der Waals surface area contributed by atoms with Gasteiger partial charge in [0.1, 0.15) is 24.2 Å². The Morgan fingerprint density at radius 2 is 1.62 bits per heavy atom. The minimum Gasteiger partial charge on any atom is -0.391 e. The van der Waals surface area contributed by atoms with Crippen molar-refractivity contribution in [2.24, 2.45) is 0 Å². The van der Waals surface area contributed by atoms with Crippen molar-refractivity contribution in [3.05, 3.63) is 71.9 Å². The maximum atomic E-state index is 14.3. The molecule has 252 valence electrons. The van der Waals surface area contributed by atoms with Crippen LogP contribution in [0.1, 0.15) is 30.4 Å². The fraction of sp³-hybridized carbons (Fsp3) is 0.412. The van der Waals surface area contributed by atoms with Crippen molar-refractivity contribution in [2.45, 2.75) is 62.4 Å². The number of hydrogen-bond acceptors (Lipinski definition) is 7. The number of benzene rings is 2. The van der Waals surface area contributed by atoms with E-state index < -0.39 is 66.4 Å². The molecule has 3 aliphatic heterocycles. The number of H-pyrrole nitrogens is 1. The molecule has 48 heavy (non-hydrogen) atoms. The van der Waals surface area contributed by atoms with Crippen LogP contribution in [-0.4, -0.2) is 112 Å². The zero-order valence-electron chi connectivity index (χ0n) is 26.3. The van der Waals surface area contributed by atoms with E-state index in [-0.39, 0.29) is 57.6 Å². The van der Waals surface area contributed by atoms with Crippen LogP contribution in [0.15, 0.2) is 60.8 Å². The molecule has 6 amide bonds. The van der Waals surface area contributed by atoms with Gasteiger partial charge in [0.2, 0.25) is 35.4 Å². The molecule has 0 spiro atoms. The van der Waals surface area contributed by atoms with Crippen molar-refractivity contribution in [3.8, 4) is 0 Å². The zero-order chi connectivity index (χ0) is 33.8. The largest absolute Gasteiger partial charge is 0.391 e. The van der Waals surface area contributed by atoms with Gasteiger partial charge in [-0.1, -0.05) is 48.5 Å². The number of aliphatic hydroxyl groups is 1. The van der Waals surface area contributed by atoms with Crippen LogP contribution in [0.25, 0.3) is 10.9 Å². The Balaban J connectivity index is 1.33. The van der Waals surface area contributed by atoms with Gasteiger partial charge in [-0.3, -0.25) is 28.8 Å². The Bertz CT molecular complexity index is 1710. The summed E-state index contributed by atoms with van der Waals surface area (Å²) in [6.45, 7) is -0.669. The van der Waals surface area contributed by atoms with E-state index >= 15 is 0 Å². The number of carbonyl (C=O) groups excluding carboxylic acids is 6. The van der Waals surface area contributed by atoms with Crippen LogP contribution < -0.4 is 21.3 Å². The Hall–Kier alpha value is -5.24. The molecular weight excluding hydrogens is 618 g/mol. The van der Waals surface area contributed by atoms with E-state index in [4.69, 9.17) is 0 Å². The van der Waals surface area contributed by atoms with Gasteiger partial charge in [-0.25, -0.2) is 0 Å². The molecule has 4 heterocycles. The van der Waals surface area contributed by atoms with Crippen molar-refractivity contribution >= 4 is 46.3 Å². The molecule has 0 radical (unpaired) electrons. The average Bonchev–Trinajstić information content (AvgIpc) is 3.81. The molecule has 3 saturated heterocycles. The molecule has 0 saturated carbocycles. The summed E-state index contributed by atoms with van der Waals surface area (Å²) in [4.78, 5) is 86.2. The minimum atomic E-state index is -1.15. The second-order valence-corrected chi connectivity index (χ2v) is 12.5. The third-order valence-electron chi connectivity index (χ3n) is 9.13. The summed E-state index contributed by atoms with van der Waals surface area (Å²) < 4.78 is 0. The van der Waals surface area contributed by atoms with Crippen LogP contribution >= 0.6 is 0 Å². The Kier molecular flexibility index (Phi) is 9.71. The standard InChI is InChI=1S/C34H39N7O7/c42-22-16-28-32(46)39-26(14-20-6-2-1-3-7-20)31(45)35-12-13-40(33(47)25-10-11-29(43)37-25)19-30(44)38-27(34(48)41(28)18-22)15-21-17-36-24-9-5-4-8-23(21)24/h1-9,17,22,25-28,36,42H,10-16,18-19H2,(H,35,45)(H,37,43)(H,38,44)(H,39,46)/t22-,25-,26+,27-,28+/m1/s1. The van der Waals surface area contributed by atoms with Crippen LogP contribution in [0.2, 0.25) is 0 Å². The van der Waals surface area contributed by atoms with Crippen LogP contribution in [0.5, 0.6) is 0 Å². The number of carbonyl (C=O) groups is 6. The summed E-state index contributed by atoms with van der Waals surface area (Å²) in [5, 5.41) is 22.5. The minimum absolute atomic E-state index is 0.0361. The molecule has 2 aromatic carbocycles. The van der Waals surface area contributed by atoms with E-state index in [9.17, 15) is 33.9 Å². The molecule has 14 nitrogen and oxygen atoms in total. The molecule has 0 aliphatic carbocycles. The molecular formula is C34H39N7O7. The lowest BCUT2D eigenvalue weighted by atomic mass is 10.0. The average molecular weight is 658 g/mol. The maximum Gasteiger partial charge on any atom is 0.246 e. The molecule has 3 aromatic rings. The van der Waals surface area contributed by atoms with E-state index in [1.165, 1.54) is 9.80 Å². The number of para-hydroxylation sites is 1. The Labute approximate surface area is 276 Å². The van der Waals surface area contributed by atoms with Gasteiger partial charge in [-0.2, -0.15) is 0 Å². The highest BCUT2D eigenvalue weighted by atomic mass is 16.3. The highest BCUT2D eigenvalue weighted by Gasteiger charge is 2.43. The van der Waals surface area contributed by atoms with Gasteiger partial charge in [0, 0.05) is 62.4 Å². The summed E-state index contributed by atoms with van der Waals surface area (Å²) in [5.74, 6) is -3.07. The van der Waals surface area contributed by atoms with Crippen LogP contribution in [0, 0.1) is 0 Å². The van der Waals surface area contributed by atoms with Gasteiger partial charge in [0.15, 0.2) is 0 Å². The van der Waals surface area contributed by atoms with Crippen molar-refractivity contribution < 1.29 is 33.9 Å². The molecule has 3 aliphatic rings. The third-order valence-corrected chi connectivity index (χ3v) is 9.13. The number of nitrogens with one attached hydrogen (secondary N) is 5. The number of aliphatic hydroxyl groups excluding tert-OH is 1. The van der Waals surface area contributed by atoms with Crippen molar-refractivity contribution in [1.29, 1.82) is 0 Å². The summed E-state index contributed by atoms with van der Waals surface area (Å²) in [5.41, 5.74) is 2.38. The van der Waals surface area contributed by atoms with Crippen molar-refractivity contribution in [1.82, 2.24) is 36.1 Å². The highest BCUT2D eigenvalue weighted by Crippen LogP contribution is 2.24.